The predicted octanol–water partition coefficient (Wildman–Crippen LogP) is 2.06. The van der Waals surface area contributed by atoms with Crippen molar-refractivity contribution in [3.8, 4) is 0 Å². The van der Waals surface area contributed by atoms with Gasteiger partial charge in [0.25, 0.3) is 0 Å². The van der Waals surface area contributed by atoms with Gasteiger partial charge < -0.3 is 4.52 Å². The van der Waals surface area contributed by atoms with Gasteiger partial charge in [-0.2, -0.15) is 0 Å². The molecule has 0 aromatic carbocycles. The molecule has 0 spiro atoms. The molecular weight excluding hydrogens is 223 g/mol. The highest BCUT2D eigenvalue weighted by Crippen LogP contribution is 2.48. The number of nitrogens with zero attached hydrogens (tertiary/aromatic N) is 1. The molecule has 1 fully saturated rings. The van der Waals surface area contributed by atoms with E-state index >= 15 is 0 Å². The minimum atomic E-state index is -2.76. The molecular formula is C8H18ClN2O2P. The Hall–Kier alpha value is 0.400. The van der Waals surface area contributed by atoms with Crippen LogP contribution in [-0.2, 0) is 9.09 Å². The molecule has 0 aromatic rings. The highest BCUT2D eigenvalue weighted by molar-refractivity contribution is 7.54. The topological polar surface area (TPSA) is 41.6 Å². The first-order valence-corrected chi connectivity index (χ1v) is 7.15. The lowest BCUT2D eigenvalue weighted by atomic mass is 10.4. The average Bonchev–Trinajstić information content (AvgIpc) is 2.19. The van der Waals surface area contributed by atoms with Gasteiger partial charge in [0.1, 0.15) is 0 Å². The van der Waals surface area contributed by atoms with E-state index in [4.69, 9.17) is 16.1 Å². The van der Waals surface area contributed by atoms with Crippen LogP contribution in [0.15, 0.2) is 0 Å². The standard InChI is InChI=1S/C8H18ClN2O2P/c1-2-5-10-14(12)11(7-4-9)6-3-8-13-14/h2-8H2,1H3,(H,10,12). The molecule has 14 heavy (non-hydrogen) atoms. The number of nitrogens with one attached hydrogen (secondary N) is 1. The van der Waals surface area contributed by atoms with Crippen LogP contribution >= 0.6 is 19.3 Å². The number of halogens is 1. The molecule has 1 saturated heterocycles. The molecule has 0 aliphatic carbocycles. The SMILES string of the molecule is CCCNP1(=O)OCCCN1CCCl. The highest BCUT2D eigenvalue weighted by Gasteiger charge is 2.33. The maximum absolute atomic E-state index is 12.2. The summed E-state index contributed by atoms with van der Waals surface area (Å²) in [5, 5.41) is 2.98. The summed E-state index contributed by atoms with van der Waals surface area (Å²) < 4.78 is 19.4. The molecule has 0 aromatic heterocycles. The van der Waals surface area contributed by atoms with Crippen molar-refractivity contribution in [3.63, 3.8) is 0 Å². The summed E-state index contributed by atoms with van der Waals surface area (Å²) >= 11 is 5.65. The predicted molar refractivity (Wildman–Crippen MR) is 58.8 cm³/mol. The molecule has 0 amide bonds. The van der Waals surface area contributed by atoms with Gasteiger partial charge in [0.05, 0.1) is 6.61 Å². The minimum absolute atomic E-state index is 0.487. The zero-order valence-corrected chi connectivity index (χ0v) is 10.2. The lowest BCUT2D eigenvalue weighted by Gasteiger charge is -2.34. The van der Waals surface area contributed by atoms with E-state index in [1.54, 1.807) is 0 Å². The molecule has 0 saturated carbocycles. The number of rotatable bonds is 5. The van der Waals surface area contributed by atoms with E-state index in [0.29, 0.717) is 19.0 Å². The van der Waals surface area contributed by atoms with Gasteiger partial charge in [0.15, 0.2) is 0 Å². The molecule has 1 aliphatic heterocycles. The Morgan fingerprint density at radius 1 is 1.64 bits per heavy atom. The molecule has 1 N–H and O–H groups in total. The first-order valence-electron chi connectivity index (χ1n) is 5.04. The number of alkyl halides is 1. The van der Waals surface area contributed by atoms with Gasteiger partial charge in [0.2, 0.25) is 0 Å². The van der Waals surface area contributed by atoms with E-state index in [2.05, 4.69) is 5.09 Å². The molecule has 4 nitrogen and oxygen atoms in total. The summed E-state index contributed by atoms with van der Waals surface area (Å²) in [6.45, 7) is 4.76. The Morgan fingerprint density at radius 3 is 3.07 bits per heavy atom. The van der Waals surface area contributed by atoms with Gasteiger partial charge in [-0.1, -0.05) is 6.92 Å². The molecule has 84 valence electrons. The minimum Gasteiger partial charge on any atom is -0.306 e. The van der Waals surface area contributed by atoms with E-state index in [0.717, 1.165) is 25.9 Å². The normalized spacial score (nSPS) is 29.3. The van der Waals surface area contributed by atoms with Crippen molar-refractivity contribution in [2.24, 2.45) is 0 Å². The van der Waals surface area contributed by atoms with Crippen LogP contribution in [0.5, 0.6) is 0 Å². The van der Waals surface area contributed by atoms with Crippen LogP contribution in [0.2, 0.25) is 0 Å². The summed E-state index contributed by atoms with van der Waals surface area (Å²) in [6.07, 6.45) is 1.87. The fourth-order valence-electron chi connectivity index (χ4n) is 1.39. The van der Waals surface area contributed by atoms with Gasteiger partial charge in [-0.25, -0.2) is 9.76 Å². The maximum Gasteiger partial charge on any atom is 0.343 e. The monoisotopic (exact) mass is 240 g/mol. The average molecular weight is 241 g/mol. The molecule has 6 heteroatoms. The van der Waals surface area contributed by atoms with E-state index in [9.17, 15) is 4.57 Å². The molecule has 0 bridgehead atoms. The third kappa shape index (κ3) is 3.21. The Morgan fingerprint density at radius 2 is 2.43 bits per heavy atom. The van der Waals surface area contributed by atoms with Crippen LogP contribution in [0, 0.1) is 0 Å². The van der Waals surface area contributed by atoms with Gasteiger partial charge in [-0.3, -0.25) is 4.57 Å². The maximum atomic E-state index is 12.2. The van der Waals surface area contributed by atoms with E-state index in [-0.39, 0.29) is 0 Å². The Kier molecular flexibility index (Phi) is 5.42. The second kappa shape index (κ2) is 6.09. The van der Waals surface area contributed by atoms with Gasteiger partial charge >= 0.3 is 7.67 Å². The quantitative estimate of drug-likeness (QED) is 0.590. The lowest BCUT2D eigenvalue weighted by molar-refractivity contribution is 0.203. The van der Waals surface area contributed by atoms with Crippen molar-refractivity contribution in [1.82, 2.24) is 9.76 Å². The van der Waals surface area contributed by atoms with Crippen molar-refractivity contribution in [3.05, 3.63) is 0 Å². The fourth-order valence-corrected chi connectivity index (χ4v) is 3.82. The van der Waals surface area contributed by atoms with Crippen molar-refractivity contribution < 1.29 is 9.09 Å². The second-order valence-electron chi connectivity index (χ2n) is 3.26. The second-order valence-corrected chi connectivity index (χ2v) is 5.82. The zero-order valence-electron chi connectivity index (χ0n) is 8.54. The molecule has 1 atom stereocenters. The molecule has 1 unspecified atom stereocenters. The Balaban J connectivity index is 2.55. The first-order chi connectivity index (χ1) is 6.73. The van der Waals surface area contributed by atoms with Crippen LogP contribution in [0.1, 0.15) is 19.8 Å². The van der Waals surface area contributed by atoms with Crippen LogP contribution in [-0.4, -0.2) is 36.8 Å². The Labute approximate surface area is 90.5 Å². The summed E-state index contributed by atoms with van der Waals surface area (Å²) in [7, 11) is -2.76. The molecule has 1 heterocycles. The third-order valence-corrected chi connectivity index (χ3v) is 4.57. The number of hydrogen-bond acceptors (Lipinski definition) is 2. The van der Waals surface area contributed by atoms with Gasteiger partial charge in [0, 0.05) is 25.5 Å². The van der Waals surface area contributed by atoms with Crippen molar-refractivity contribution >= 4 is 19.3 Å². The van der Waals surface area contributed by atoms with Crippen molar-refractivity contribution in [1.29, 1.82) is 0 Å². The molecule has 1 aliphatic rings. The van der Waals surface area contributed by atoms with Crippen molar-refractivity contribution in [2.75, 3.05) is 32.1 Å². The third-order valence-electron chi connectivity index (χ3n) is 2.10. The van der Waals surface area contributed by atoms with Crippen LogP contribution in [0.3, 0.4) is 0 Å². The molecule has 0 radical (unpaired) electrons. The van der Waals surface area contributed by atoms with Gasteiger partial charge in [-0.05, 0) is 12.8 Å². The summed E-state index contributed by atoms with van der Waals surface area (Å²) in [5.41, 5.74) is 0. The molecule has 1 rings (SSSR count). The lowest BCUT2D eigenvalue weighted by Crippen LogP contribution is -2.36. The van der Waals surface area contributed by atoms with Crippen LogP contribution in [0.25, 0.3) is 0 Å². The van der Waals surface area contributed by atoms with E-state index < -0.39 is 7.67 Å². The van der Waals surface area contributed by atoms with Gasteiger partial charge in [-0.15, -0.1) is 11.6 Å². The van der Waals surface area contributed by atoms with Crippen LogP contribution < -0.4 is 5.09 Å². The van der Waals surface area contributed by atoms with Crippen molar-refractivity contribution in [2.45, 2.75) is 19.8 Å². The summed E-state index contributed by atoms with van der Waals surface area (Å²) in [5.74, 6) is 0.487. The first kappa shape index (κ1) is 12.5. The smallest absolute Gasteiger partial charge is 0.306 e. The summed E-state index contributed by atoms with van der Waals surface area (Å²) in [4.78, 5) is 0. The fraction of sp³-hybridized carbons (Fsp3) is 1.00. The van der Waals surface area contributed by atoms with E-state index in [1.807, 2.05) is 11.6 Å². The highest BCUT2D eigenvalue weighted by atomic mass is 35.5. The van der Waals surface area contributed by atoms with Crippen LogP contribution in [0.4, 0.5) is 0 Å². The Bertz CT molecular complexity index is 214. The largest absolute Gasteiger partial charge is 0.343 e. The summed E-state index contributed by atoms with van der Waals surface area (Å²) in [6, 6.07) is 0. The van der Waals surface area contributed by atoms with E-state index in [1.165, 1.54) is 0 Å². The zero-order chi connectivity index (χ0) is 10.4. The number of hydrogen-bond donors (Lipinski definition) is 1.